The number of hydrogen-bond acceptors (Lipinski definition) is 3. The summed E-state index contributed by atoms with van der Waals surface area (Å²) in [6.45, 7) is 4.34. The third kappa shape index (κ3) is 3.35. The molecule has 1 aromatic rings. The molecule has 1 aliphatic heterocycles. The van der Waals surface area contributed by atoms with Gasteiger partial charge in [0.1, 0.15) is 5.69 Å². The van der Waals surface area contributed by atoms with Crippen molar-refractivity contribution in [2.75, 3.05) is 20.1 Å². The second-order valence-corrected chi connectivity index (χ2v) is 7.01. The maximum Gasteiger partial charge on any atom is 0.274 e. The molecule has 1 N–H and O–H groups in total. The summed E-state index contributed by atoms with van der Waals surface area (Å²) in [5, 5.41) is 7.94. The molecule has 1 aliphatic carbocycles. The molecule has 2 fully saturated rings. The molecular weight excluding hydrogens is 276 g/mol. The molecule has 122 valence electrons. The van der Waals surface area contributed by atoms with Crippen LogP contribution in [0.2, 0.25) is 0 Å². The Hall–Kier alpha value is -1.36. The van der Waals surface area contributed by atoms with Gasteiger partial charge in [-0.1, -0.05) is 6.92 Å². The summed E-state index contributed by atoms with van der Waals surface area (Å²) in [5.74, 6) is 0.875. The largest absolute Gasteiger partial charge is 0.337 e. The quantitative estimate of drug-likeness (QED) is 0.933. The summed E-state index contributed by atoms with van der Waals surface area (Å²) in [7, 11) is 1.93. The van der Waals surface area contributed by atoms with E-state index in [1.165, 1.54) is 19.3 Å². The molecule has 22 heavy (non-hydrogen) atoms. The van der Waals surface area contributed by atoms with Crippen molar-refractivity contribution in [1.29, 1.82) is 0 Å². The van der Waals surface area contributed by atoms with Crippen LogP contribution in [-0.4, -0.2) is 46.8 Å². The minimum absolute atomic E-state index is 0.0714. The Morgan fingerprint density at radius 3 is 2.77 bits per heavy atom. The maximum atomic E-state index is 12.7. The highest BCUT2D eigenvalue weighted by atomic mass is 16.2. The fourth-order valence-corrected chi connectivity index (χ4v) is 3.69. The molecule has 1 amide bonds. The second kappa shape index (κ2) is 6.82. The summed E-state index contributed by atoms with van der Waals surface area (Å²) >= 11 is 0. The molecule has 0 aromatic carbocycles. The van der Waals surface area contributed by atoms with Crippen molar-refractivity contribution in [3.05, 3.63) is 18.0 Å². The predicted octanol–water partition coefficient (Wildman–Crippen LogP) is 2.46. The van der Waals surface area contributed by atoms with Gasteiger partial charge < -0.3 is 10.2 Å². The van der Waals surface area contributed by atoms with E-state index in [1.807, 2.05) is 28.9 Å². The zero-order valence-electron chi connectivity index (χ0n) is 13.8. The van der Waals surface area contributed by atoms with Crippen molar-refractivity contribution >= 4 is 5.91 Å². The third-order valence-corrected chi connectivity index (χ3v) is 5.33. The smallest absolute Gasteiger partial charge is 0.274 e. The lowest BCUT2D eigenvalue weighted by atomic mass is 9.86. The van der Waals surface area contributed by atoms with Gasteiger partial charge in [-0.05, 0) is 57.1 Å². The Balaban J connectivity index is 1.63. The Bertz CT molecular complexity index is 499. The molecule has 3 rings (SSSR count). The van der Waals surface area contributed by atoms with Gasteiger partial charge in [0.05, 0.1) is 6.04 Å². The first-order valence-electron chi connectivity index (χ1n) is 8.68. The van der Waals surface area contributed by atoms with Gasteiger partial charge in [-0.2, -0.15) is 5.10 Å². The lowest BCUT2D eigenvalue weighted by Crippen LogP contribution is -2.39. The topological polar surface area (TPSA) is 50.2 Å². The van der Waals surface area contributed by atoms with Gasteiger partial charge in [0.25, 0.3) is 5.91 Å². The minimum Gasteiger partial charge on any atom is -0.337 e. The first-order valence-corrected chi connectivity index (χ1v) is 8.68. The molecule has 1 saturated carbocycles. The van der Waals surface area contributed by atoms with Crippen LogP contribution in [0, 0.1) is 5.92 Å². The summed E-state index contributed by atoms with van der Waals surface area (Å²) < 4.78 is 1.97. The molecule has 1 unspecified atom stereocenters. The number of amides is 1. The number of carbonyl (C=O) groups excluding carboxylic acids is 1. The number of nitrogens with one attached hydrogen (secondary N) is 1. The van der Waals surface area contributed by atoms with E-state index in [0.717, 1.165) is 38.3 Å². The molecule has 1 saturated heterocycles. The van der Waals surface area contributed by atoms with Crippen LogP contribution in [0.4, 0.5) is 0 Å². The standard InChI is InChI=1S/C17H28N4O/c1-13-5-7-14(8-6-13)20(2)17(22)16-9-11-21(19-16)15-4-3-10-18-12-15/h9,11,13-15,18H,3-8,10,12H2,1-2H3. The Morgan fingerprint density at radius 2 is 2.09 bits per heavy atom. The lowest BCUT2D eigenvalue weighted by molar-refractivity contribution is 0.0672. The summed E-state index contributed by atoms with van der Waals surface area (Å²) in [4.78, 5) is 14.6. The lowest BCUT2D eigenvalue weighted by Gasteiger charge is -2.33. The summed E-state index contributed by atoms with van der Waals surface area (Å²) in [6.07, 6.45) is 8.97. The van der Waals surface area contributed by atoms with E-state index in [4.69, 9.17) is 0 Å². The monoisotopic (exact) mass is 304 g/mol. The predicted molar refractivity (Wildman–Crippen MR) is 86.9 cm³/mol. The zero-order chi connectivity index (χ0) is 15.5. The number of carbonyl (C=O) groups is 1. The van der Waals surface area contributed by atoms with Gasteiger partial charge in [-0.3, -0.25) is 9.48 Å². The van der Waals surface area contributed by atoms with Crippen LogP contribution in [0.25, 0.3) is 0 Å². The maximum absolute atomic E-state index is 12.7. The van der Waals surface area contributed by atoms with Crippen LogP contribution >= 0.6 is 0 Å². The van der Waals surface area contributed by atoms with Crippen molar-refractivity contribution in [2.24, 2.45) is 5.92 Å². The number of hydrogen-bond donors (Lipinski definition) is 1. The fraction of sp³-hybridized carbons (Fsp3) is 0.765. The van der Waals surface area contributed by atoms with E-state index in [-0.39, 0.29) is 5.91 Å². The molecule has 0 bridgehead atoms. The van der Waals surface area contributed by atoms with Crippen molar-refractivity contribution in [1.82, 2.24) is 20.0 Å². The van der Waals surface area contributed by atoms with E-state index in [1.54, 1.807) is 0 Å². The van der Waals surface area contributed by atoms with Crippen molar-refractivity contribution < 1.29 is 4.79 Å². The average Bonchev–Trinajstić information content (AvgIpc) is 3.05. The van der Waals surface area contributed by atoms with E-state index in [2.05, 4.69) is 17.3 Å². The van der Waals surface area contributed by atoms with Crippen molar-refractivity contribution in [3.8, 4) is 0 Å². The number of nitrogens with zero attached hydrogens (tertiary/aromatic N) is 3. The summed E-state index contributed by atoms with van der Waals surface area (Å²) in [6, 6.07) is 2.64. The molecule has 1 aromatic heterocycles. The van der Waals surface area contributed by atoms with Gasteiger partial charge >= 0.3 is 0 Å². The van der Waals surface area contributed by atoms with Crippen LogP contribution in [0.15, 0.2) is 12.3 Å². The van der Waals surface area contributed by atoms with Gasteiger partial charge in [0, 0.05) is 25.8 Å². The zero-order valence-corrected chi connectivity index (χ0v) is 13.8. The number of aromatic nitrogens is 2. The van der Waals surface area contributed by atoms with Crippen LogP contribution < -0.4 is 5.32 Å². The van der Waals surface area contributed by atoms with Crippen LogP contribution in [0.1, 0.15) is 62.0 Å². The Kier molecular flexibility index (Phi) is 4.81. The number of piperidine rings is 1. The molecule has 0 spiro atoms. The molecule has 0 radical (unpaired) electrons. The van der Waals surface area contributed by atoms with E-state index in [0.29, 0.717) is 17.8 Å². The summed E-state index contributed by atoms with van der Waals surface area (Å²) in [5.41, 5.74) is 0.590. The van der Waals surface area contributed by atoms with E-state index in [9.17, 15) is 4.79 Å². The van der Waals surface area contributed by atoms with Gasteiger partial charge in [0.15, 0.2) is 0 Å². The highest BCUT2D eigenvalue weighted by Gasteiger charge is 2.27. The van der Waals surface area contributed by atoms with Gasteiger partial charge in [-0.25, -0.2) is 0 Å². The second-order valence-electron chi connectivity index (χ2n) is 7.01. The molecule has 5 heteroatoms. The third-order valence-electron chi connectivity index (χ3n) is 5.33. The van der Waals surface area contributed by atoms with Gasteiger partial charge in [0.2, 0.25) is 0 Å². The molecular formula is C17H28N4O. The average molecular weight is 304 g/mol. The van der Waals surface area contributed by atoms with Crippen LogP contribution in [0.5, 0.6) is 0 Å². The minimum atomic E-state index is 0.0714. The molecule has 5 nitrogen and oxygen atoms in total. The fourth-order valence-electron chi connectivity index (χ4n) is 3.69. The van der Waals surface area contributed by atoms with Gasteiger partial charge in [-0.15, -0.1) is 0 Å². The van der Waals surface area contributed by atoms with Crippen LogP contribution in [-0.2, 0) is 0 Å². The highest BCUT2D eigenvalue weighted by Crippen LogP contribution is 2.27. The van der Waals surface area contributed by atoms with Crippen LogP contribution in [0.3, 0.4) is 0 Å². The first-order chi connectivity index (χ1) is 10.6. The van der Waals surface area contributed by atoms with Crippen molar-refractivity contribution in [3.63, 3.8) is 0 Å². The first kappa shape index (κ1) is 15.5. The van der Waals surface area contributed by atoms with Crippen molar-refractivity contribution in [2.45, 2.75) is 57.5 Å². The molecule has 2 heterocycles. The molecule has 2 aliphatic rings. The normalized spacial score (nSPS) is 29.3. The highest BCUT2D eigenvalue weighted by molar-refractivity contribution is 5.92. The van der Waals surface area contributed by atoms with E-state index >= 15 is 0 Å². The van der Waals surface area contributed by atoms with E-state index < -0.39 is 0 Å². The Morgan fingerprint density at radius 1 is 1.32 bits per heavy atom. The number of rotatable bonds is 3. The SMILES string of the molecule is CC1CCC(N(C)C(=O)c2ccn(C3CCCNC3)n2)CC1. The Labute approximate surface area is 133 Å². The molecule has 1 atom stereocenters.